The Hall–Kier alpha value is -2.35. The van der Waals surface area contributed by atoms with Crippen LogP contribution < -0.4 is 5.32 Å². The van der Waals surface area contributed by atoms with E-state index in [9.17, 15) is 4.79 Å². The predicted octanol–water partition coefficient (Wildman–Crippen LogP) is 2.54. The average molecular weight is 330 g/mol. The Morgan fingerprint density at radius 2 is 2.26 bits per heavy atom. The number of hydrogen-bond acceptors (Lipinski definition) is 7. The van der Waals surface area contributed by atoms with E-state index in [0.717, 1.165) is 30.1 Å². The lowest BCUT2D eigenvalue weighted by Gasteiger charge is -2.23. The van der Waals surface area contributed by atoms with Gasteiger partial charge in [0.2, 0.25) is 11.0 Å². The molecule has 0 saturated carbocycles. The maximum Gasteiger partial charge on any atom is 0.246 e. The molecule has 3 rings (SSSR count). The fourth-order valence-electron chi connectivity index (χ4n) is 2.74. The van der Waals surface area contributed by atoms with E-state index in [1.807, 2.05) is 24.8 Å². The van der Waals surface area contributed by atoms with Gasteiger partial charge in [-0.3, -0.25) is 4.79 Å². The molecule has 1 aliphatic rings. The minimum absolute atomic E-state index is 0.0288. The molecular formula is C15H18N6OS. The number of amides is 1. The molecule has 0 radical (unpaired) electrons. The highest BCUT2D eigenvalue weighted by molar-refractivity contribution is 7.15. The summed E-state index contributed by atoms with van der Waals surface area (Å²) in [7, 11) is 0. The summed E-state index contributed by atoms with van der Waals surface area (Å²) in [6.07, 6.45) is 3.22. The van der Waals surface area contributed by atoms with E-state index < -0.39 is 0 Å². The summed E-state index contributed by atoms with van der Waals surface area (Å²) in [4.78, 5) is 22.7. The molecule has 8 heteroatoms. The molecule has 0 spiro atoms. The van der Waals surface area contributed by atoms with E-state index in [4.69, 9.17) is 0 Å². The Labute approximate surface area is 138 Å². The second kappa shape index (κ2) is 6.41. The van der Waals surface area contributed by atoms with E-state index in [2.05, 4.69) is 32.1 Å². The summed E-state index contributed by atoms with van der Waals surface area (Å²) in [5.41, 5.74) is 0.842. The highest BCUT2D eigenvalue weighted by atomic mass is 32.1. The van der Waals surface area contributed by atoms with Crippen LogP contribution in [-0.4, -0.2) is 37.5 Å². The van der Waals surface area contributed by atoms with Gasteiger partial charge in [-0.25, -0.2) is 9.97 Å². The molecule has 2 aromatic rings. The first-order valence-corrected chi connectivity index (χ1v) is 8.24. The van der Waals surface area contributed by atoms with Crippen LogP contribution in [0.3, 0.4) is 0 Å². The number of nitrogens with zero attached hydrogens (tertiary/aromatic N) is 5. The molecule has 1 N–H and O–H groups in total. The van der Waals surface area contributed by atoms with Crippen molar-refractivity contribution < 1.29 is 4.79 Å². The van der Waals surface area contributed by atoms with Gasteiger partial charge in [-0.15, -0.1) is 10.2 Å². The van der Waals surface area contributed by atoms with Crippen LogP contribution in [0, 0.1) is 13.8 Å². The van der Waals surface area contributed by atoms with Gasteiger partial charge in [0.15, 0.2) is 0 Å². The van der Waals surface area contributed by atoms with Crippen LogP contribution in [-0.2, 0) is 4.79 Å². The van der Waals surface area contributed by atoms with Crippen molar-refractivity contribution in [2.24, 2.45) is 0 Å². The van der Waals surface area contributed by atoms with Crippen molar-refractivity contribution in [1.29, 1.82) is 0 Å². The number of anilines is 2. The molecule has 1 aliphatic heterocycles. The molecule has 1 amide bonds. The predicted molar refractivity (Wildman–Crippen MR) is 88.6 cm³/mol. The van der Waals surface area contributed by atoms with E-state index >= 15 is 0 Å². The van der Waals surface area contributed by atoms with Crippen molar-refractivity contribution in [3.05, 3.63) is 35.2 Å². The number of carbonyl (C=O) groups is 1. The van der Waals surface area contributed by atoms with Gasteiger partial charge in [-0.05, 0) is 32.8 Å². The van der Waals surface area contributed by atoms with Crippen molar-refractivity contribution in [2.45, 2.75) is 32.7 Å². The number of hydrogen-bond donors (Lipinski definition) is 1. The molecule has 120 valence electrons. The van der Waals surface area contributed by atoms with Gasteiger partial charge in [0, 0.05) is 12.6 Å². The topological polar surface area (TPSA) is 83.9 Å². The Bertz CT molecular complexity index is 743. The Morgan fingerprint density at radius 3 is 2.96 bits per heavy atom. The van der Waals surface area contributed by atoms with Gasteiger partial charge >= 0.3 is 0 Å². The first kappa shape index (κ1) is 15.5. The minimum Gasteiger partial charge on any atom is -0.331 e. The summed E-state index contributed by atoms with van der Waals surface area (Å²) >= 11 is 1.46. The van der Waals surface area contributed by atoms with Crippen LogP contribution in [0.15, 0.2) is 18.7 Å². The third kappa shape index (κ3) is 3.37. The van der Waals surface area contributed by atoms with Crippen LogP contribution in [0.25, 0.3) is 0 Å². The molecule has 0 aromatic carbocycles. The van der Waals surface area contributed by atoms with Gasteiger partial charge in [-0.1, -0.05) is 17.9 Å². The van der Waals surface area contributed by atoms with Crippen molar-refractivity contribution in [3.63, 3.8) is 0 Å². The minimum atomic E-state index is -0.0574. The zero-order chi connectivity index (χ0) is 16.4. The van der Waals surface area contributed by atoms with Crippen LogP contribution in [0.4, 0.5) is 10.9 Å². The smallest absolute Gasteiger partial charge is 0.246 e. The standard InChI is InChI=1S/C15H18N6OS/c1-4-14(22)21-7-5-6-12(21)11-8-13(17-9(2)16-11)18-15-20-19-10(3)23-15/h4,8,12H,1,5-7H2,2-3H3,(H,16,17,18,20)/t12-/m1/s1. The van der Waals surface area contributed by atoms with E-state index in [-0.39, 0.29) is 11.9 Å². The van der Waals surface area contributed by atoms with Crippen LogP contribution in [0.2, 0.25) is 0 Å². The third-order valence-electron chi connectivity index (χ3n) is 3.67. The Kier molecular flexibility index (Phi) is 4.33. The lowest BCUT2D eigenvalue weighted by Crippen LogP contribution is -2.29. The van der Waals surface area contributed by atoms with E-state index in [1.165, 1.54) is 17.4 Å². The van der Waals surface area contributed by atoms with Crippen LogP contribution in [0.5, 0.6) is 0 Å². The van der Waals surface area contributed by atoms with Crippen molar-refractivity contribution in [3.8, 4) is 0 Å². The SMILES string of the molecule is C=CC(=O)N1CCC[C@@H]1c1cc(Nc2nnc(C)s2)nc(C)n1. The summed E-state index contributed by atoms with van der Waals surface area (Å²) < 4.78 is 0. The van der Waals surface area contributed by atoms with Gasteiger partial charge in [0.05, 0.1) is 11.7 Å². The van der Waals surface area contributed by atoms with Crippen LogP contribution >= 0.6 is 11.3 Å². The van der Waals surface area contributed by atoms with Crippen LogP contribution in [0.1, 0.15) is 35.4 Å². The average Bonchev–Trinajstić information content (AvgIpc) is 3.15. The number of aromatic nitrogens is 4. The maximum atomic E-state index is 12.0. The summed E-state index contributed by atoms with van der Waals surface area (Å²) in [5, 5.41) is 12.8. The molecule has 7 nitrogen and oxygen atoms in total. The quantitative estimate of drug-likeness (QED) is 0.867. The third-order valence-corrected chi connectivity index (χ3v) is 4.42. The van der Waals surface area contributed by atoms with Gasteiger partial charge in [0.25, 0.3) is 0 Å². The highest BCUT2D eigenvalue weighted by Crippen LogP contribution is 2.32. The summed E-state index contributed by atoms with van der Waals surface area (Å²) in [6, 6.07) is 1.85. The summed E-state index contributed by atoms with van der Waals surface area (Å²) in [5.74, 6) is 1.27. The number of likely N-dealkylation sites (tertiary alicyclic amines) is 1. The maximum absolute atomic E-state index is 12.0. The summed E-state index contributed by atoms with van der Waals surface area (Å²) in [6.45, 7) is 8.05. The van der Waals surface area contributed by atoms with Gasteiger partial charge in [0.1, 0.15) is 16.6 Å². The number of aryl methyl sites for hydroxylation is 2. The van der Waals surface area contributed by atoms with E-state index in [0.29, 0.717) is 16.8 Å². The van der Waals surface area contributed by atoms with Gasteiger partial charge in [-0.2, -0.15) is 0 Å². The molecule has 0 bridgehead atoms. The van der Waals surface area contributed by atoms with Gasteiger partial charge < -0.3 is 10.2 Å². The Balaban J connectivity index is 1.88. The number of rotatable bonds is 4. The molecule has 3 heterocycles. The molecule has 1 saturated heterocycles. The molecule has 1 fully saturated rings. The van der Waals surface area contributed by atoms with Crippen molar-refractivity contribution >= 4 is 28.2 Å². The monoisotopic (exact) mass is 330 g/mol. The molecule has 23 heavy (non-hydrogen) atoms. The normalized spacial score (nSPS) is 17.3. The number of carbonyl (C=O) groups excluding carboxylic acids is 1. The zero-order valence-corrected chi connectivity index (χ0v) is 13.9. The first-order chi connectivity index (χ1) is 11.1. The largest absolute Gasteiger partial charge is 0.331 e. The number of nitrogens with one attached hydrogen (secondary N) is 1. The second-order valence-corrected chi connectivity index (χ2v) is 6.55. The van der Waals surface area contributed by atoms with E-state index in [1.54, 1.807) is 0 Å². The molecule has 2 aromatic heterocycles. The molecule has 0 unspecified atom stereocenters. The van der Waals surface area contributed by atoms with Crippen molar-refractivity contribution in [2.75, 3.05) is 11.9 Å². The highest BCUT2D eigenvalue weighted by Gasteiger charge is 2.30. The second-order valence-electron chi connectivity index (χ2n) is 5.37. The zero-order valence-electron chi connectivity index (χ0n) is 13.1. The fourth-order valence-corrected chi connectivity index (χ4v) is 3.34. The lowest BCUT2D eigenvalue weighted by molar-refractivity contribution is -0.126. The lowest BCUT2D eigenvalue weighted by atomic mass is 10.1. The van der Waals surface area contributed by atoms with Crippen molar-refractivity contribution in [1.82, 2.24) is 25.1 Å². The molecular weight excluding hydrogens is 312 g/mol. The molecule has 0 aliphatic carbocycles. The molecule has 1 atom stereocenters. The fraction of sp³-hybridized carbons (Fsp3) is 0.400. The first-order valence-electron chi connectivity index (χ1n) is 7.42. The Morgan fingerprint density at radius 1 is 1.43 bits per heavy atom.